The molecule has 60 valence electrons. The first-order chi connectivity index (χ1) is 4.27. The van der Waals surface area contributed by atoms with Gasteiger partial charge in [0.15, 0.2) is 0 Å². The summed E-state index contributed by atoms with van der Waals surface area (Å²) in [5.41, 5.74) is 0. The van der Waals surface area contributed by atoms with E-state index < -0.39 is 19.6 Å². The van der Waals surface area contributed by atoms with E-state index in [0.29, 0.717) is 0 Å². The summed E-state index contributed by atoms with van der Waals surface area (Å²) in [4.78, 5) is 4.56. The second kappa shape index (κ2) is 10.4. The summed E-state index contributed by atoms with van der Waals surface area (Å²) in [6, 6.07) is 0. The average molecular weight is 384 g/mol. The molecule has 0 heterocycles. The molecule has 0 N–H and O–H groups in total. The van der Waals surface area contributed by atoms with E-state index in [1.54, 1.807) is 11.8 Å². The van der Waals surface area contributed by atoms with Gasteiger partial charge < -0.3 is 24.0 Å². The Morgan fingerprint density at radius 2 is 2.00 bits per heavy atom. The van der Waals surface area contributed by atoms with Gasteiger partial charge in [-0.3, -0.25) is 0 Å². The van der Waals surface area contributed by atoms with Crippen LogP contribution in [-0.4, -0.2) is 25.3 Å². The molecule has 0 aliphatic carbocycles. The number of hydrogen-bond donors (Lipinski definition) is 0. The first kappa shape index (κ1) is 14.0. The van der Waals surface area contributed by atoms with Gasteiger partial charge in [0.1, 0.15) is 0 Å². The van der Waals surface area contributed by atoms with Crippen LogP contribution in [0.4, 0.5) is 0 Å². The zero-order valence-electron chi connectivity index (χ0n) is 6.61. The molecule has 0 rings (SSSR count). The normalized spacial score (nSPS) is 8.00. The molecule has 0 aromatic heterocycles. The summed E-state index contributed by atoms with van der Waals surface area (Å²) in [5.74, 6) is 1.19. The molecule has 0 aliphatic heterocycles. The van der Waals surface area contributed by atoms with Crippen LogP contribution in [0.3, 0.4) is 0 Å². The Hall–Kier alpha value is 1.43. The molecular weight excluding hydrogens is 371 g/mol. The molecule has 0 radical (unpaired) electrons. The van der Waals surface area contributed by atoms with Crippen LogP contribution in [0.25, 0.3) is 0 Å². The Bertz CT molecular complexity index is 115. The number of rotatable bonds is 2. The third-order valence-corrected chi connectivity index (χ3v) is 3.34. The van der Waals surface area contributed by atoms with E-state index in [2.05, 4.69) is 26.1 Å². The van der Waals surface area contributed by atoms with Crippen molar-refractivity contribution in [2.75, 3.05) is 5.75 Å². The van der Waals surface area contributed by atoms with E-state index in [1.807, 2.05) is 0 Å². The molecule has 0 amide bonds. The zero-order valence-corrected chi connectivity index (χ0v) is 11.9. The fourth-order valence-electron chi connectivity index (χ4n) is 0.266. The van der Waals surface area contributed by atoms with Gasteiger partial charge in [-0.15, -0.1) is 0 Å². The fourth-order valence-corrected chi connectivity index (χ4v) is 2.73. The first-order valence-electron chi connectivity index (χ1n) is 2.97. The molecule has 10 heavy (non-hydrogen) atoms. The van der Waals surface area contributed by atoms with E-state index in [-0.39, 0.29) is 24.0 Å². The minimum absolute atomic E-state index is 0. The molecule has 0 nitrogen and oxygen atoms in total. The quantitative estimate of drug-likeness (QED) is 0.265. The van der Waals surface area contributed by atoms with Gasteiger partial charge in [0.25, 0.3) is 0 Å². The fraction of sp³-hybridized carbons (Fsp3) is 0.714. The second-order valence-corrected chi connectivity index (χ2v) is 8.01. The Labute approximate surface area is 92.6 Å². The minimum Gasteiger partial charge on any atom is -1.00 e. The summed E-state index contributed by atoms with van der Waals surface area (Å²) >= 11 is 0.917. The standard InChI is InChI=1S/C7H13STe.HI/c1-4-5-8-6-7-9(2)3;/h4-5H2,1-3H3;1H/q+1;/p-1. The summed E-state index contributed by atoms with van der Waals surface area (Å²) < 4.78 is 3.26. The van der Waals surface area contributed by atoms with Crippen LogP contribution < -0.4 is 24.0 Å². The van der Waals surface area contributed by atoms with Gasteiger partial charge in [0.05, 0.1) is 0 Å². The van der Waals surface area contributed by atoms with Crippen molar-refractivity contribution in [2.24, 2.45) is 0 Å². The summed E-state index contributed by atoms with van der Waals surface area (Å²) in [7, 11) is 0. The van der Waals surface area contributed by atoms with Crippen molar-refractivity contribution in [3.63, 3.8) is 0 Å². The van der Waals surface area contributed by atoms with Gasteiger partial charge in [-0.2, -0.15) is 0 Å². The molecule has 0 spiro atoms. The van der Waals surface area contributed by atoms with E-state index in [9.17, 15) is 0 Å². The average Bonchev–Trinajstić information content (AvgIpc) is 1.80. The first-order valence-corrected chi connectivity index (χ1v) is 9.78. The molecule has 0 bridgehead atoms. The van der Waals surface area contributed by atoms with Crippen LogP contribution in [-0.2, 0) is 0 Å². The van der Waals surface area contributed by atoms with Crippen molar-refractivity contribution in [3.8, 4) is 9.22 Å². The van der Waals surface area contributed by atoms with Crippen LogP contribution in [0, 0.1) is 9.22 Å². The summed E-state index contributed by atoms with van der Waals surface area (Å²) in [6.07, 6.45) is 1.24. The van der Waals surface area contributed by atoms with Crippen molar-refractivity contribution < 1.29 is 24.0 Å². The van der Waals surface area contributed by atoms with E-state index in [1.165, 1.54) is 12.2 Å². The maximum Gasteiger partial charge on any atom is -1.00 e. The van der Waals surface area contributed by atoms with Gasteiger partial charge in [0, 0.05) is 0 Å². The predicted octanol–water partition coefficient (Wildman–Crippen LogP) is -0.612. The van der Waals surface area contributed by atoms with Crippen molar-refractivity contribution >= 4 is 31.3 Å². The van der Waals surface area contributed by atoms with Crippen LogP contribution in [0.15, 0.2) is 0 Å². The molecule has 0 saturated heterocycles. The van der Waals surface area contributed by atoms with Crippen LogP contribution in [0.2, 0.25) is 9.94 Å². The third-order valence-electron chi connectivity index (χ3n) is 0.624. The summed E-state index contributed by atoms with van der Waals surface area (Å²) in [6.45, 7) is 2.18. The molecule has 0 aliphatic rings. The van der Waals surface area contributed by atoms with Crippen molar-refractivity contribution in [1.82, 2.24) is 0 Å². The van der Waals surface area contributed by atoms with Crippen LogP contribution >= 0.6 is 11.8 Å². The number of hydrogen-bond acceptors (Lipinski definition) is 1. The van der Waals surface area contributed by atoms with Gasteiger partial charge in [0.2, 0.25) is 0 Å². The SMILES string of the molecule is CCCSC#C[Te+](C)C.[I-]. The van der Waals surface area contributed by atoms with Gasteiger partial charge in [-0.05, 0) is 0 Å². The van der Waals surface area contributed by atoms with Crippen molar-refractivity contribution in [1.29, 1.82) is 0 Å². The molecule has 0 aromatic carbocycles. The Morgan fingerprint density at radius 3 is 2.40 bits per heavy atom. The topological polar surface area (TPSA) is 0 Å². The van der Waals surface area contributed by atoms with Gasteiger partial charge in [-0.1, -0.05) is 0 Å². The molecule has 0 saturated carbocycles. The monoisotopic (exact) mass is 386 g/mol. The van der Waals surface area contributed by atoms with Gasteiger partial charge >= 0.3 is 69.6 Å². The number of halogens is 1. The van der Waals surface area contributed by atoms with E-state index in [4.69, 9.17) is 0 Å². The molecule has 0 aromatic rings. The summed E-state index contributed by atoms with van der Waals surface area (Å²) in [5, 5.41) is 3.13. The Balaban J connectivity index is 0. The molecule has 0 fully saturated rings. The largest absolute Gasteiger partial charge is 1.00 e. The van der Waals surface area contributed by atoms with Crippen LogP contribution in [0.1, 0.15) is 13.3 Å². The Morgan fingerprint density at radius 1 is 1.40 bits per heavy atom. The maximum atomic E-state index is 3.26. The maximum absolute atomic E-state index is 3.26. The smallest absolute Gasteiger partial charge is 1.00 e. The molecule has 3 heteroatoms. The van der Waals surface area contributed by atoms with Crippen molar-refractivity contribution in [3.05, 3.63) is 0 Å². The Kier molecular flexibility index (Phi) is 14.6. The number of thioether (sulfide) groups is 1. The third kappa shape index (κ3) is 12.1. The van der Waals surface area contributed by atoms with E-state index >= 15 is 0 Å². The van der Waals surface area contributed by atoms with Gasteiger partial charge in [-0.25, -0.2) is 0 Å². The molecule has 0 unspecified atom stereocenters. The predicted molar refractivity (Wildman–Crippen MR) is 48.0 cm³/mol. The van der Waals surface area contributed by atoms with Crippen LogP contribution in [0.5, 0.6) is 0 Å². The molecule has 0 atom stereocenters. The minimum atomic E-state index is -0.845. The zero-order chi connectivity index (χ0) is 7.11. The second-order valence-electron chi connectivity index (χ2n) is 1.87. The van der Waals surface area contributed by atoms with E-state index in [0.717, 1.165) is 0 Å². The van der Waals surface area contributed by atoms with Crippen molar-refractivity contribution in [2.45, 2.75) is 23.3 Å². The molecular formula is C7H13ISTe.